The van der Waals surface area contributed by atoms with Crippen LogP contribution in [0.2, 0.25) is 0 Å². The number of sulfonamides is 1. The summed E-state index contributed by atoms with van der Waals surface area (Å²) in [5.74, 6) is -1.25. The molecule has 0 aliphatic carbocycles. The number of ether oxygens (including phenoxy) is 1. The molecule has 144 valence electrons. The molecule has 0 aromatic heterocycles. The normalized spacial score (nSPS) is 11.3. The van der Waals surface area contributed by atoms with E-state index in [1.807, 2.05) is 32.0 Å². The minimum atomic E-state index is -3.67. The van der Waals surface area contributed by atoms with E-state index in [-0.39, 0.29) is 10.5 Å². The van der Waals surface area contributed by atoms with E-state index < -0.39 is 28.5 Å². The number of carbonyl (C=O) groups excluding carboxylic acids is 2. The van der Waals surface area contributed by atoms with E-state index in [2.05, 4.69) is 5.32 Å². The fourth-order valence-corrected chi connectivity index (χ4v) is 3.21. The molecular formula is C19H22N2O5S. The van der Waals surface area contributed by atoms with E-state index in [4.69, 9.17) is 4.74 Å². The Bertz CT molecular complexity index is 968. The van der Waals surface area contributed by atoms with Crippen LogP contribution in [0.3, 0.4) is 0 Å². The molecule has 2 rings (SSSR count). The molecular weight excluding hydrogens is 368 g/mol. The van der Waals surface area contributed by atoms with Crippen molar-refractivity contribution in [1.82, 2.24) is 4.31 Å². The number of hydrogen-bond donors (Lipinski definition) is 1. The van der Waals surface area contributed by atoms with Crippen LogP contribution in [0.1, 0.15) is 21.5 Å². The summed E-state index contributed by atoms with van der Waals surface area (Å²) in [6.07, 6.45) is 0. The average Bonchev–Trinajstić information content (AvgIpc) is 2.62. The second kappa shape index (κ2) is 8.32. The molecule has 0 fully saturated rings. The molecule has 0 unspecified atom stereocenters. The molecule has 8 heteroatoms. The molecule has 0 radical (unpaired) electrons. The zero-order valence-corrected chi connectivity index (χ0v) is 16.5. The molecule has 2 aromatic carbocycles. The van der Waals surface area contributed by atoms with Crippen molar-refractivity contribution in [1.29, 1.82) is 0 Å². The Morgan fingerprint density at radius 3 is 2.44 bits per heavy atom. The Balaban J connectivity index is 2.03. The summed E-state index contributed by atoms with van der Waals surface area (Å²) in [6, 6.07) is 11.1. The summed E-state index contributed by atoms with van der Waals surface area (Å²) in [6.45, 7) is 3.29. The van der Waals surface area contributed by atoms with Crippen LogP contribution in [0.25, 0.3) is 0 Å². The molecule has 1 N–H and O–H groups in total. The first-order valence-electron chi connectivity index (χ1n) is 8.18. The smallest absolute Gasteiger partial charge is 0.338 e. The van der Waals surface area contributed by atoms with Gasteiger partial charge in [0, 0.05) is 19.8 Å². The second-order valence-electron chi connectivity index (χ2n) is 6.26. The Morgan fingerprint density at radius 1 is 1.07 bits per heavy atom. The predicted molar refractivity (Wildman–Crippen MR) is 102 cm³/mol. The third kappa shape index (κ3) is 5.15. The van der Waals surface area contributed by atoms with Gasteiger partial charge in [-0.1, -0.05) is 18.2 Å². The van der Waals surface area contributed by atoms with E-state index in [9.17, 15) is 18.0 Å². The maximum Gasteiger partial charge on any atom is 0.338 e. The van der Waals surface area contributed by atoms with E-state index in [0.29, 0.717) is 5.69 Å². The van der Waals surface area contributed by atoms with Crippen molar-refractivity contribution in [3.8, 4) is 0 Å². The summed E-state index contributed by atoms with van der Waals surface area (Å²) in [7, 11) is -0.866. The summed E-state index contributed by atoms with van der Waals surface area (Å²) < 4.78 is 30.3. The maximum atomic E-state index is 12.2. The van der Waals surface area contributed by atoms with Gasteiger partial charge < -0.3 is 10.1 Å². The van der Waals surface area contributed by atoms with Crippen LogP contribution in [-0.4, -0.2) is 45.3 Å². The predicted octanol–water partition coefficient (Wildman–Crippen LogP) is 2.35. The second-order valence-corrected chi connectivity index (χ2v) is 8.41. The number of aryl methyl sites for hydroxylation is 2. The third-order valence-electron chi connectivity index (χ3n) is 3.85. The van der Waals surface area contributed by atoms with E-state index in [0.717, 1.165) is 15.4 Å². The standard InChI is InChI=1S/C19H22N2O5S/c1-13-8-9-14(2)17(10-13)20-18(22)12-26-19(23)15-6-5-7-16(11-15)27(24,25)21(3)4/h5-11H,12H2,1-4H3,(H,20,22). The molecule has 2 aromatic rings. The van der Waals surface area contributed by atoms with Gasteiger partial charge in [0.25, 0.3) is 5.91 Å². The number of benzene rings is 2. The molecule has 0 aliphatic rings. The van der Waals surface area contributed by atoms with Gasteiger partial charge in [-0.2, -0.15) is 0 Å². The van der Waals surface area contributed by atoms with Gasteiger partial charge in [-0.3, -0.25) is 4.79 Å². The maximum absolute atomic E-state index is 12.2. The van der Waals surface area contributed by atoms with Crippen LogP contribution in [0.4, 0.5) is 5.69 Å². The van der Waals surface area contributed by atoms with E-state index in [1.54, 1.807) is 0 Å². The van der Waals surface area contributed by atoms with Gasteiger partial charge in [-0.05, 0) is 49.2 Å². The fraction of sp³-hybridized carbons (Fsp3) is 0.263. The van der Waals surface area contributed by atoms with Crippen LogP contribution in [0, 0.1) is 13.8 Å². The first-order chi connectivity index (χ1) is 12.6. The lowest BCUT2D eigenvalue weighted by molar-refractivity contribution is -0.119. The lowest BCUT2D eigenvalue weighted by Crippen LogP contribution is -2.23. The Kier molecular flexibility index (Phi) is 6.35. The van der Waals surface area contributed by atoms with Gasteiger partial charge in [0.2, 0.25) is 10.0 Å². The largest absolute Gasteiger partial charge is 0.452 e. The molecule has 1 amide bonds. The first-order valence-corrected chi connectivity index (χ1v) is 9.62. The average molecular weight is 390 g/mol. The Labute approximate surface area is 159 Å². The lowest BCUT2D eigenvalue weighted by Gasteiger charge is -2.12. The van der Waals surface area contributed by atoms with Gasteiger partial charge in [0.1, 0.15) is 0 Å². The quantitative estimate of drug-likeness (QED) is 0.765. The Morgan fingerprint density at radius 2 is 1.78 bits per heavy atom. The number of nitrogens with zero attached hydrogens (tertiary/aromatic N) is 1. The van der Waals surface area contributed by atoms with Crippen molar-refractivity contribution in [3.05, 3.63) is 59.2 Å². The first kappa shape index (κ1) is 20.6. The highest BCUT2D eigenvalue weighted by Gasteiger charge is 2.19. The molecule has 27 heavy (non-hydrogen) atoms. The van der Waals surface area contributed by atoms with Crippen molar-refractivity contribution < 1.29 is 22.7 Å². The highest BCUT2D eigenvalue weighted by atomic mass is 32.2. The van der Waals surface area contributed by atoms with Crippen LogP contribution < -0.4 is 5.32 Å². The monoisotopic (exact) mass is 390 g/mol. The van der Waals surface area contributed by atoms with Crippen LogP contribution in [-0.2, 0) is 19.6 Å². The van der Waals surface area contributed by atoms with Crippen molar-refractivity contribution in [2.75, 3.05) is 26.0 Å². The van der Waals surface area contributed by atoms with Crippen molar-refractivity contribution in [3.63, 3.8) is 0 Å². The summed E-state index contributed by atoms with van der Waals surface area (Å²) >= 11 is 0. The number of hydrogen-bond acceptors (Lipinski definition) is 5. The number of anilines is 1. The zero-order chi connectivity index (χ0) is 20.2. The number of carbonyl (C=O) groups is 2. The third-order valence-corrected chi connectivity index (χ3v) is 5.66. The highest BCUT2D eigenvalue weighted by Crippen LogP contribution is 2.17. The molecule has 0 saturated carbocycles. The van der Waals surface area contributed by atoms with Crippen molar-refractivity contribution in [2.24, 2.45) is 0 Å². The summed E-state index contributed by atoms with van der Waals surface area (Å²) in [5, 5.41) is 2.69. The number of nitrogens with one attached hydrogen (secondary N) is 1. The van der Waals surface area contributed by atoms with Gasteiger partial charge in [0.05, 0.1) is 10.5 Å². The minimum absolute atomic E-state index is 0.0261. The molecule has 0 bridgehead atoms. The van der Waals surface area contributed by atoms with Crippen molar-refractivity contribution >= 4 is 27.6 Å². The van der Waals surface area contributed by atoms with Gasteiger partial charge in [-0.25, -0.2) is 17.5 Å². The van der Waals surface area contributed by atoms with Crippen LogP contribution in [0.5, 0.6) is 0 Å². The Hall–Kier alpha value is -2.71. The SMILES string of the molecule is Cc1ccc(C)c(NC(=O)COC(=O)c2cccc(S(=O)(=O)N(C)C)c2)c1. The zero-order valence-electron chi connectivity index (χ0n) is 15.6. The van der Waals surface area contributed by atoms with Gasteiger partial charge in [-0.15, -0.1) is 0 Å². The molecule has 0 heterocycles. The topological polar surface area (TPSA) is 92.8 Å². The van der Waals surface area contributed by atoms with Crippen LogP contribution in [0.15, 0.2) is 47.4 Å². The van der Waals surface area contributed by atoms with Gasteiger partial charge in [0.15, 0.2) is 6.61 Å². The summed E-state index contributed by atoms with van der Waals surface area (Å²) in [4.78, 5) is 24.2. The van der Waals surface area contributed by atoms with E-state index in [1.165, 1.54) is 38.4 Å². The molecule has 0 aliphatic heterocycles. The molecule has 0 saturated heterocycles. The minimum Gasteiger partial charge on any atom is -0.452 e. The fourth-order valence-electron chi connectivity index (χ4n) is 2.27. The summed E-state index contributed by atoms with van der Waals surface area (Å²) in [5.41, 5.74) is 2.58. The van der Waals surface area contributed by atoms with E-state index >= 15 is 0 Å². The number of rotatable bonds is 6. The number of esters is 1. The number of amides is 1. The highest BCUT2D eigenvalue weighted by molar-refractivity contribution is 7.89. The van der Waals surface area contributed by atoms with Crippen molar-refractivity contribution in [2.45, 2.75) is 18.7 Å². The lowest BCUT2D eigenvalue weighted by atomic mass is 10.1. The molecule has 0 spiro atoms. The molecule has 7 nitrogen and oxygen atoms in total. The molecule has 0 atom stereocenters. The van der Waals surface area contributed by atoms with Gasteiger partial charge >= 0.3 is 5.97 Å². The van der Waals surface area contributed by atoms with Crippen LogP contribution >= 0.6 is 0 Å².